The van der Waals surface area contributed by atoms with Crippen LogP contribution in [0.25, 0.3) is 0 Å². The highest BCUT2D eigenvalue weighted by molar-refractivity contribution is 6.00. The van der Waals surface area contributed by atoms with Crippen LogP contribution in [0.2, 0.25) is 0 Å². The Hall–Kier alpha value is -0.670. The molecule has 1 heterocycles. The molecular weight excluding hydrogens is 222 g/mol. The van der Waals surface area contributed by atoms with Gasteiger partial charge in [-0.15, -0.1) is 0 Å². The van der Waals surface area contributed by atoms with Crippen LogP contribution in [0.4, 0.5) is 0 Å². The molecule has 0 aliphatic carbocycles. The summed E-state index contributed by atoms with van der Waals surface area (Å²) in [5.74, 6) is 0. The van der Waals surface area contributed by atoms with Crippen molar-refractivity contribution in [1.29, 1.82) is 0 Å². The van der Waals surface area contributed by atoms with Crippen molar-refractivity contribution in [3.63, 3.8) is 0 Å². The van der Waals surface area contributed by atoms with E-state index in [-0.39, 0.29) is 0 Å². The molecule has 0 aromatic carbocycles. The molecule has 0 atom stereocenters. The Morgan fingerprint density at radius 1 is 1.28 bits per heavy atom. The van der Waals surface area contributed by atoms with E-state index >= 15 is 0 Å². The van der Waals surface area contributed by atoms with E-state index < -0.39 is 0 Å². The number of nitrogens with two attached hydrogens (primary N) is 1. The lowest BCUT2D eigenvalue weighted by Crippen LogP contribution is -2.38. The van der Waals surface area contributed by atoms with Crippen LogP contribution in [0.15, 0.2) is 17.1 Å². The number of rotatable bonds is 4. The maximum Gasteiger partial charge on any atom is 0.0400 e. The number of piperidine rings is 1. The van der Waals surface area contributed by atoms with Crippen molar-refractivity contribution in [2.24, 2.45) is 10.7 Å². The van der Waals surface area contributed by atoms with E-state index in [1.54, 1.807) is 0 Å². The Balaban J connectivity index is 0. The van der Waals surface area contributed by atoms with Gasteiger partial charge in [0, 0.05) is 44.9 Å². The van der Waals surface area contributed by atoms with Crippen LogP contribution < -0.4 is 5.73 Å². The highest BCUT2D eigenvalue weighted by atomic mass is 15.1. The van der Waals surface area contributed by atoms with Crippen molar-refractivity contribution >= 4 is 5.71 Å². The normalized spacial score (nSPS) is 17.7. The van der Waals surface area contributed by atoms with E-state index in [9.17, 15) is 0 Å². The summed E-state index contributed by atoms with van der Waals surface area (Å²) in [6.45, 7) is 18.9. The zero-order valence-corrected chi connectivity index (χ0v) is 13.1. The van der Waals surface area contributed by atoms with E-state index in [2.05, 4.69) is 23.4 Å². The molecule has 1 aliphatic rings. The van der Waals surface area contributed by atoms with Crippen molar-refractivity contribution < 1.29 is 0 Å². The standard InChI is InChI=1S/C11H21N3.2C2H6/c1-3-6-13-11-4-7-14(8-5-12)9-10(11)2;2*1-2/h2-9,12H2,1H3;2*1-2H3. The Morgan fingerprint density at radius 3 is 2.33 bits per heavy atom. The van der Waals surface area contributed by atoms with Crippen LogP contribution in [0.5, 0.6) is 0 Å². The number of aliphatic imine (C=N–C) groups is 1. The second-order valence-corrected chi connectivity index (χ2v) is 3.75. The smallest absolute Gasteiger partial charge is 0.0400 e. The van der Waals surface area contributed by atoms with E-state index in [0.29, 0.717) is 0 Å². The molecule has 0 spiro atoms. The second kappa shape index (κ2) is 14.4. The predicted octanol–water partition coefficient (Wildman–Crippen LogP) is 3.11. The molecule has 0 aromatic rings. The zero-order chi connectivity index (χ0) is 14.4. The first-order chi connectivity index (χ1) is 8.77. The first kappa shape index (κ1) is 19.7. The largest absolute Gasteiger partial charge is 0.329 e. The van der Waals surface area contributed by atoms with Crippen LogP contribution >= 0.6 is 0 Å². The van der Waals surface area contributed by atoms with E-state index in [0.717, 1.165) is 45.6 Å². The Kier molecular flexibility index (Phi) is 15.7. The van der Waals surface area contributed by atoms with Gasteiger partial charge in [-0.3, -0.25) is 9.89 Å². The summed E-state index contributed by atoms with van der Waals surface area (Å²) in [4.78, 5) is 6.88. The van der Waals surface area contributed by atoms with Crippen molar-refractivity contribution in [1.82, 2.24) is 4.90 Å². The Labute approximate surface area is 114 Å². The lowest BCUT2D eigenvalue weighted by Gasteiger charge is -2.28. The highest BCUT2D eigenvalue weighted by Crippen LogP contribution is 2.11. The fourth-order valence-electron chi connectivity index (χ4n) is 1.69. The van der Waals surface area contributed by atoms with Gasteiger partial charge in [0.05, 0.1) is 0 Å². The van der Waals surface area contributed by atoms with Gasteiger partial charge in [-0.2, -0.15) is 0 Å². The monoisotopic (exact) mass is 255 g/mol. The minimum atomic E-state index is 0.731. The fourth-order valence-corrected chi connectivity index (χ4v) is 1.69. The topological polar surface area (TPSA) is 41.6 Å². The third-order valence-electron chi connectivity index (χ3n) is 2.46. The molecule has 1 saturated heterocycles. The van der Waals surface area contributed by atoms with E-state index in [1.807, 2.05) is 27.7 Å². The average molecular weight is 255 g/mol. The molecule has 0 radical (unpaired) electrons. The lowest BCUT2D eigenvalue weighted by molar-refractivity contribution is 0.306. The number of nitrogens with zero attached hydrogens (tertiary/aromatic N) is 2. The zero-order valence-electron chi connectivity index (χ0n) is 13.1. The Bertz CT molecular complexity index is 222. The molecule has 0 amide bonds. The predicted molar refractivity (Wildman–Crippen MR) is 84.5 cm³/mol. The molecule has 2 N–H and O–H groups in total. The molecule has 0 bridgehead atoms. The van der Waals surface area contributed by atoms with Crippen LogP contribution in [-0.2, 0) is 0 Å². The summed E-state index contributed by atoms with van der Waals surface area (Å²) in [7, 11) is 0. The number of likely N-dealkylation sites (tertiary alicyclic amines) is 1. The van der Waals surface area contributed by atoms with Gasteiger partial charge in [0.25, 0.3) is 0 Å². The molecule has 108 valence electrons. The summed E-state index contributed by atoms with van der Waals surface area (Å²) in [6, 6.07) is 0. The van der Waals surface area contributed by atoms with Gasteiger partial charge in [0.1, 0.15) is 0 Å². The summed E-state index contributed by atoms with van der Waals surface area (Å²) in [5.41, 5.74) is 7.92. The van der Waals surface area contributed by atoms with Crippen molar-refractivity contribution in [3.8, 4) is 0 Å². The summed E-state index contributed by atoms with van der Waals surface area (Å²) >= 11 is 0. The quantitative estimate of drug-likeness (QED) is 0.838. The molecule has 3 nitrogen and oxygen atoms in total. The van der Waals surface area contributed by atoms with Crippen LogP contribution in [0, 0.1) is 0 Å². The third-order valence-corrected chi connectivity index (χ3v) is 2.46. The number of hydrogen-bond acceptors (Lipinski definition) is 3. The van der Waals surface area contributed by atoms with Crippen molar-refractivity contribution in [2.45, 2.75) is 47.5 Å². The maximum atomic E-state index is 5.52. The van der Waals surface area contributed by atoms with E-state index in [1.165, 1.54) is 11.3 Å². The first-order valence-corrected chi connectivity index (χ1v) is 7.41. The second-order valence-electron chi connectivity index (χ2n) is 3.75. The van der Waals surface area contributed by atoms with Gasteiger partial charge in [-0.25, -0.2) is 0 Å². The molecule has 3 heteroatoms. The molecule has 0 aromatic heterocycles. The summed E-state index contributed by atoms with van der Waals surface area (Å²) < 4.78 is 0. The SMILES string of the molecule is C=C1CN(CCN)CCC1=NCCC.CC.CC. The molecule has 0 unspecified atom stereocenters. The van der Waals surface area contributed by atoms with Crippen LogP contribution in [0.1, 0.15) is 47.5 Å². The Morgan fingerprint density at radius 2 is 1.89 bits per heavy atom. The average Bonchev–Trinajstić information content (AvgIpc) is 2.43. The van der Waals surface area contributed by atoms with Crippen LogP contribution in [-0.4, -0.2) is 43.3 Å². The van der Waals surface area contributed by atoms with Gasteiger partial charge in [0.2, 0.25) is 0 Å². The molecule has 1 rings (SSSR count). The molecule has 18 heavy (non-hydrogen) atoms. The molecular formula is C15H33N3. The third kappa shape index (κ3) is 8.43. The molecule has 1 fully saturated rings. The van der Waals surface area contributed by atoms with Crippen LogP contribution in [0.3, 0.4) is 0 Å². The minimum Gasteiger partial charge on any atom is -0.329 e. The minimum absolute atomic E-state index is 0.731. The fraction of sp³-hybridized carbons (Fsp3) is 0.800. The van der Waals surface area contributed by atoms with Gasteiger partial charge in [-0.05, 0) is 12.0 Å². The van der Waals surface area contributed by atoms with Crippen molar-refractivity contribution in [3.05, 3.63) is 12.2 Å². The summed E-state index contributed by atoms with van der Waals surface area (Å²) in [5, 5.41) is 0. The van der Waals surface area contributed by atoms with E-state index in [4.69, 9.17) is 5.73 Å². The van der Waals surface area contributed by atoms with Gasteiger partial charge >= 0.3 is 0 Å². The van der Waals surface area contributed by atoms with Gasteiger partial charge in [-0.1, -0.05) is 41.2 Å². The molecule has 1 aliphatic heterocycles. The van der Waals surface area contributed by atoms with Gasteiger partial charge in [0.15, 0.2) is 0 Å². The molecule has 0 saturated carbocycles. The maximum absolute atomic E-state index is 5.52. The van der Waals surface area contributed by atoms with Gasteiger partial charge < -0.3 is 5.73 Å². The van der Waals surface area contributed by atoms with Crippen molar-refractivity contribution in [2.75, 3.05) is 32.7 Å². The lowest BCUT2D eigenvalue weighted by atomic mass is 10.0. The summed E-state index contributed by atoms with van der Waals surface area (Å²) in [6.07, 6.45) is 2.15. The number of hydrogen-bond donors (Lipinski definition) is 1. The first-order valence-electron chi connectivity index (χ1n) is 7.41. The highest BCUT2D eigenvalue weighted by Gasteiger charge is 2.16.